The first kappa shape index (κ1) is 15.9. The Morgan fingerprint density at radius 1 is 1.14 bits per heavy atom. The number of amides is 1. The molecule has 0 unspecified atom stereocenters. The van der Waals surface area contributed by atoms with Crippen molar-refractivity contribution in [1.29, 1.82) is 5.26 Å². The lowest BCUT2D eigenvalue weighted by Gasteiger charge is -2.25. The maximum Gasteiger partial charge on any atom is 0.267 e. The number of anilines is 1. The zero-order chi connectivity index (χ0) is 16.2. The SMILES string of the molecule is CC(C)(Oc1ccc(Cl)cc1)C(=O)Nc1ccc(C#N)cc1. The van der Waals surface area contributed by atoms with Crippen LogP contribution in [0.15, 0.2) is 48.5 Å². The number of nitrogens with one attached hydrogen (secondary N) is 1. The number of carbonyl (C=O) groups is 1. The van der Waals surface area contributed by atoms with Crippen molar-refractivity contribution in [3.63, 3.8) is 0 Å². The Bertz CT molecular complexity index is 701. The second-order valence-electron chi connectivity index (χ2n) is 5.21. The molecule has 4 nitrogen and oxygen atoms in total. The molecule has 2 rings (SSSR count). The van der Waals surface area contributed by atoms with Crippen LogP contribution in [0.25, 0.3) is 0 Å². The molecule has 0 saturated heterocycles. The summed E-state index contributed by atoms with van der Waals surface area (Å²) < 4.78 is 5.71. The van der Waals surface area contributed by atoms with Crippen LogP contribution in [-0.2, 0) is 4.79 Å². The van der Waals surface area contributed by atoms with Gasteiger partial charge >= 0.3 is 0 Å². The first-order valence-electron chi connectivity index (χ1n) is 6.67. The summed E-state index contributed by atoms with van der Waals surface area (Å²) in [6, 6.07) is 15.5. The lowest BCUT2D eigenvalue weighted by molar-refractivity contribution is -0.128. The number of rotatable bonds is 4. The molecular weight excluding hydrogens is 300 g/mol. The van der Waals surface area contributed by atoms with Crippen molar-refractivity contribution in [2.75, 3.05) is 5.32 Å². The average molecular weight is 315 g/mol. The van der Waals surface area contributed by atoms with Crippen molar-refractivity contribution in [2.24, 2.45) is 0 Å². The quantitative estimate of drug-likeness (QED) is 0.927. The van der Waals surface area contributed by atoms with Gasteiger partial charge in [0, 0.05) is 10.7 Å². The van der Waals surface area contributed by atoms with E-state index in [4.69, 9.17) is 21.6 Å². The molecule has 0 spiro atoms. The van der Waals surface area contributed by atoms with Crippen molar-refractivity contribution < 1.29 is 9.53 Å². The average Bonchev–Trinajstić information content (AvgIpc) is 2.50. The van der Waals surface area contributed by atoms with Crippen LogP contribution in [0.1, 0.15) is 19.4 Å². The zero-order valence-corrected chi connectivity index (χ0v) is 13.0. The van der Waals surface area contributed by atoms with Gasteiger partial charge in [0.05, 0.1) is 11.6 Å². The van der Waals surface area contributed by atoms with Crippen molar-refractivity contribution in [2.45, 2.75) is 19.4 Å². The zero-order valence-electron chi connectivity index (χ0n) is 12.3. The first-order valence-corrected chi connectivity index (χ1v) is 7.05. The molecule has 0 fully saturated rings. The van der Waals surface area contributed by atoms with Gasteiger partial charge in [0.2, 0.25) is 0 Å². The van der Waals surface area contributed by atoms with Gasteiger partial charge in [-0.15, -0.1) is 0 Å². The summed E-state index contributed by atoms with van der Waals surface area (Å²) in [4.78, 5) is 12.3. The highest BCUT2D eigenvalue weighted by atomic mass is 35.5. The van der Waals surface area contributed by atoms with Crippen molar-refractivity contribution in [1.82, 2.24) is 0 Å². The molecule has 0 aliphatic heterocycles. The highest BCUT2D eigenvalue weighted by Crippen LogP contribution is 2.22. The fourth-order valence-electron chi connectivity index (χ4n) is 1.75. The Morgan fingerprint density at radius 2 is 1.73 bits per heavy atom. The first-order chi connectivity index (χ1) is 10.4. The van der Waals surface area contributed by atoms with E-state index in [2.05, 4.69) is 5.32 Å². The monoisotopic (exact) mass is 314 g/mol. The molecule has 0 atom stereocenters. The predicted molar refractivity (Wildman–Crippen MR) is 85.9 cm³/mol. The topological polar surface area (TPSA) is 62.1 Å². The molecule has 0 saturated carbocycles. The Morgan fingerprint density at radius 3 is 2.27 bits per heavy atom. The van der Waals surface area contributed by atoms with E-state index in [9.17, 15) is 4.79 Å². The number of ether oxygens (including phenoxy) is 1. The predicted octanol–water partition coefficient (Wildman–Crippen LogP) is 4.01. The molecule has 0 bridgehead atoms. The molecule has 112 valence electrons. The molecule has 0 heterocycles. The van der Waals surface area contributed by atoms with Gasteiger partial charge in [-0.05, 0) is 62.4 Å². The largest absolute Gasteiger partial charge is 0.478 e. The van der Waals surface area contributed by atoms with E-state index < -0.39 is 5.60 Å². The maximum atomic E-state index is 12.3. The summed E-state index contributed by atoms with van der Waals surface area (Å²) in [5.41, 5.74) is 0.0910. The molecule has 0 aromatic heterocycles. The highest BCUT2D eigenvalue weighted by molar-refractivity contribution is 6.30. The molecule has 22 heavy (non-hydrogen) atoms. The van der Waals surface area contributed by atoms with Gasteiger partial charge in [0.1, 0.15) is 5.75 Å². The van der Waals surface area contributed by atoms with E-state index in [0.717, 1.165) is 0 Å². The van der Waals surface area contributed by atoms with Crippen LogP contribution in [0.3, 0.4) is 0 Å². The van der Waals surface area contributed by atoms with Gasteiger partial charge in [-0.1, -0.05) is 11.6 Å². The minimum absolute atomic E-state index is 0.285. The van der Waals surface area contributed by atoms with E-state index >= 15 is 0 Å². The number of nitriles is 1. The standard InChI is InChI=1S/C17H15ClN2O2/c1-17(2,22-15-9-5-13(18)6-10-15)16(21)20-14-7-3-12(11-19)4-8-14/h3-10H,1-2H3,(H,20,21). The van der Waals surface area contributed by atoms with Crippen LogP contribution in [0, 0.1) is 11.3 Å². The van der Waals surface area contributed by atoms with Gasteiger partial charge in [0.25, 0.3) is 5.91 Å². The lowest BCUT2D eigenvalue weighted by Crippen LogP contribution is -2.42. The van der Waals surface area contributed by atoms with E-state index in [1.54, 1.807) is 62.4 Å². The minimum Gasteiger partial charge on any atom is -0.478 e. The van der Waals surface area contributed by atoms with Crippen LogP contribution < -0.4 is 10.1 Å². The van der Waals surface area contributed by atoms with Crippen LogP contribution >= 0.6 is 11.6 Å². The molecule has 2 aromatic rings. The second-order valence-corrected chi connectivity index (χ2v) is 5.65. The van der Waals surface area contributed by atoms with Crippen molar-refractivity contribution in [3.8, 4) is 11.8 Å². The van der Waals surface area contributed by atoms with E-state index in [1.165, 1.54) is 0 Å². The number of halogens is 1. The van der Waals surface area contributed by atoms with Crippen LogP contribution in [0.5, 0.6) is 5.75 Å². The summed E-state index contributed by atoms with van der Waals surface area (Å²) in [5, 5.41) is 12.1. The van der Waals surface area contributed by atoms with Gasteiger partial charge in [-0.2, -0.15) is 5.26 Å². The Hall–Kier alpha value is -2.51. The number of hydrogen-bond acceptors (Lipinski definition) is 3. The van der Waals surface area contributed by atoms with Crippen molar-refractivity contribution >= 4 is 23.2 Å². The molecule has 0 radical (unpaired) electrons. The van der Waals surface area contributed by atoms with Crippen molar-refractivity contribution in [3.05, 3.63) is 59.1 Å². The number of hydrogen-bond donors (Lipinski definition) is 1. The molecule has 1 N–H and O–H groups in total. The summed E-state index contributed by atoms with van der Waals surface area (Å²) in [6.07, 6.45) is 0. The van der Waals surface area contributed by atoms with E-state index in [-0.39, 0.29) is 5.91 Å². The van der Waals surface area contributed by atoms with E-state index in [1.807, 2.05) is 6.07 Å². The van der Waals surface area contributed by atoms with Crippen LogP contribution in [0.2, 0.25) is 5.02 Å². The maximum absolute atomic E-state index is 12.3. The summed E-state index contributed by atoms with van der Waals surface area (Å²) in [6.45, 7) is 3.36. The molecule has 0 aliphatic carbocycles. The Balaban J connectivity index is 2.06. The Kier molecular flexibility index (Phi) is 4.69. The van der Waals surface area contributed by atoms with Crippen LogP contribution in [0.4, 0.5) is 5.69 Å². The summed E-state index contributed by atoms with van der Waals surface area (Å²) >= 11 is 5.82. The van der Waals surface area contributed by atoms with E-state index in [0.29, 0.717) is 22.0 Å². The molecule has 2 aromatic carbocycles. The normalized spacial score (nSPS) is 10.6. The smallest absolute Gasteiger partial charge is 0.267 e. The third kappa shape index (κ3) is 4.00. The molecule has 5 heteroatoms. The van der Waals surface area contributed by atoms with Gasteiger partial charge in [-0.25, -0.2) is 0 Å². The highest BCUT2D eigenvalue weighted by Gasteiger charge is 2.30. The summed E-state index contributed by atoms with van der Waals surface area (Å²) in [5.74, 6) is 0.275. The second kappa shape index (κ2) is 6.50. The Labute approximate surface area is 134 Å². The third-order valence-corrected chi connectivity index (χ3v) is 3.26. The molecule has 0 aliphatic rings. The molecular formula is C17H15ClN2O2. The van der Waals surface area contributed by atoms with Gasteiger partial charge in [0.15, 0.2) is 5.60 Å². The lowest BCUT2D eigenvalue weighted by atomic mass is 10.1. The van der Waals surface area contributed by atoms with Gasteiger partial charge in [-0.3, -0.25) is 4.79 Å². The summed E-state index contributed by atoms with van der Waals surface area (Å²) in [7, 11) is 0. The fourth-order valence-corrected chi connectivity index (χ4v) is 1.88. The molecule has 1 amide bonds. The van der Waals surface area contributed by atoms with Crippen LogP contribution in [-0.4, -0.2) is 11.5 Å². The number of benzene rings is 2. The third-order valence-electron chi connectivity index (χ3n) is 3.01. The minimum atomic E-state index is -1.05. The van der Waals surface area contributed by atoms with Gasteiger partial charge < -0.3 is 10.1 Å². The number of nitrogens with zero attached hydrogens (tertiary/aromatic N) is 1. The number of carbonyl (C=O) groups excluding carboxylic acids is 1. The fraction of sp³-hybridized carbons (Fsp3) is 0.176.